The SMILES string of the molecule is CCc1cc(CN2CCC(CNC3CC3)CC2)n(C)n1. The van der Waals surface area contributed by atoms with Gasteiger partial charge in [-0.05, 0) is 63.7 Å². The highest BCUT2D eigenvalue weighted by atomic mass is 15.3. The highest BCUT2D eigenvalue weighted by Crippen LogP contribution is 2.22. The van der Waals surface area contributed by atoms with Gasteiger partial charge in [-0.2, -0.15) is 5.10 Å². The lowest BCUT2D eigenvalue weighted by Crippen LogP contribution is -2.37. The number of hydrogen-bond acceptors (Lipinski definition) is 3. The van der Waals surface area contributed by atoms with Crippen LogP contribution in [0, 0.1) is 5.92 Å². The molecular weight excluding hydrogens is 248 g/mol. The lowest BCUT2D eigenvalue weighted by atomic mass is 9.96. The minimum Gasteiger partial charge on any atom is -0.314 e. The average molecular weight is 276 g/mol. The first kappa shape index (κ1) is 14.1. The van der Waals surface area contributed by atoms with Crippen molar-refractivity contribution in [1.82, 2.24) is 20.0 Å². The van der Waals surface area contributed by atoms with Crippen molar-refractivity contribution in [3.8, 4) is 0 Å². The van der Waals surface area contributed by atoms with E-state index < -0.39 is 0 Å². The summed E-state index contributed by atoms with van der Waals surface area (Å²) >= 11 is 0. The van der Waals surface area contributed by atoms with Crippen molar-refractivity contribution in [3.63, 3.8) is 0 Å². The molecule has 1 aromatic heterocycles. The van der Waals surface area contributed by atoms with Crippen LogP contribution >= 0.6 is 0 Å². The van der Waals surface area contributed by atoms with E-state index in [1.807, 2.05) is 0 Å². The fourth-order valence-electron chi connectivity index (χ4n) is 3.09. The molecule has 0 amide bonds. The predicted molar refractivity (Wildman–Crippen MR) is 81.6 cm³/mol. The van der Waals surface area contributed by atoms with Gasteiger partial charge in [0.1, 0.15) is 0 Å². The third-order valence-electron chi connectivity index (χ3n) is 4.75. The van der Waals surface area contributed by atoms with Gasteiger partial charge >= 0.3 is 0 Å². The fraction of sp³-hybridized carbons (Fsp3) is 0.812. The Kier molecular flexibility index (Phi) is 4.41. The first-order chi connectivity index (χ1) is 9.74. The number of nitrogens with one attached hydrogen (secondary N) is 1. The zero-order chi connectivity index (χ0) is 13.9. The topological polar surface area (TPSA) is 33.1 Å². The number of hydrogen-bond donors (Lipinski definition) is 1. The van der Waals surface area contributed by atoms with E-state index in [1.165, 1.54) is 56.7 Å². The summed E-state index contributed by atoms with van der Waals surface area (Å²) < 4.78 is 2.06. The Balaban J connectivity index is 1.44. The summed E-state index contributed by atoms with van der Waals surface area (Å²) in [7, 11) is 2.07. The molecule has 0 radical (unpaired) electrons. The quantitative estimate of drug-likeness (QED) is 0.862. The van der Waals surface area contributed by atoms with Crippen LogP contribution in [0.3, 0.4) is 0 Å². The zero-order valence-corrected chi connectivity index (χ0v) is 12.9. The van der Waals surface area contributed by atoms with Gasteiger partial charge in [0.25, 0.3) is 0 Å². The van der Waals surface area contributed by atoms with Crippen molar-refractivity contribution < 1.29 is 0 Å². The van der Waals surface area contributed by atoms with Crippen LogP contribution in [-0.2, 0) is 20.0 Å². The molecule has 2 heterocycles. The van der Waals surface area contributed by atoms with E-state index in [2.05, 4.69) is 40.0 Å². The summed E-state index contributed by atoms with van der Waals surface area (Å²) in [5.41, 5.74) is 2.57. The van der Waals surface area contributed by atoms with Crippen molar-refractivity contribution in [3.05, 3.63) is 17.5 Å². The monoisotopic (exact) mass is 276 g/mol. The van der Waals surface area contributed by atoms with Gasteiger partial charge in [-0.15, -0.1) is 0 Å². The molecule has 0 bridgehead atoms. The summed E-state index contributed by atoms with van der Waals surface area (Å²) in [6, 6.07) is 3.12. The Labute approximate surface area is 122 Å². The Morgan fingerprint density at radius 1 is 1.25 bits per heavy atom. The summed E-state index contributed by atoms with van der Waals surface area (Å²) in [4.78, 5) is 2.59. The Morgan fingerprint density at radius 2 is 2.00 bits per heavy atom. The largest absolute Gasteiger partial charge is 0.314 e. The molecule has 1 aliphatic heterocycles. The molecule has 1 N–H and O–H groups in total. The van der Waals surface area contributed by atoms with Gasteiger partial charge in [-0.25, -0.2) is 0 Å². The predicted octanol–water partition coefficient (Wildman–Crippen LogP) is 1.95. The number of likely N-dealkylation sites (tertiary alicyclic amines) is 1. The molecule has 1 aromatic rings. The van der Waals surface area contributed by atoms with Crippen LogP contribution in [0.1, 0.15) is 44.0 Å². The number of rotatable bonds is 6. The van der Waals surface area contributed by atoms with Gasteiger partial charge in [0.15, 0.2) is 0 Å². The van der Waals surface area contributed by atoms with Gasteiger partial charge in [0.05, 0.1) is 11.4 Å². The Hall–Kier alpha value is -0.870. The van der Waals surface area contributed by atoms with Crippen molar-refractivity contribution in [2.24, 2.45) is 13.0 Å². The Morgan fingerprint density at radius 3 is 2.60 bits per heavy atom. The van der Waals surface area contributed by atoms with Gasteiger partial charge in [-0.1, -0.05) is 6.92 Å². The molecule has 4 nitrogen and oxygen atoms in total. The highest BCUT2D eigenvalue weighted by molar-refractivity contribution is 5.10. The first-order valence-electron chi connectivity index (χ1n) is 8.22. The third-order valence-corrected chi connectivity index (χ3v) is 4.75. The molecule has 20 heavy (non-hydrogen) atoms. The fourth-order valence-corrected chi connectivity index (χ4v) is 3.09. The van der Waals surface area contributed by atoms with Crippen LogP contribution < -0.4 is 5.32 Å². The van der Waals surface area contributed by atoms with Crippen molar-refractivity contribution in [2.75, 3.05) is 19.6 Å². The minimum absolute atomic E-state index is 0.856. The van der Waals surface area contributed by atoms with Gasteiger partial charge in [-0.3, -0.25) is 9.58 Å². The second-order valence-corrected chi connectivity index (χ2v) is 6.51. The van der Waals surface area contributed by atoms with E-state index >= 15 is 0 Å². The summed E-state index contributed by atoms with van der Waals surface area (Å²) in [6.45, 7) is 6.95. The van der Waals surface area contributed by atoms with Crippen LogP contribution in [-0.4, -0.2) is 40.4 Å². The molecule has 2 aliphatic rings. The number of piperidine rings is 1. The normalized spacial score (nSPS) is 21.5. The maximum atomic E-state index is 4.55. The summed E-state index contributed by atoms with van der Waals surface area (Å²) in [5, 5.41) is 8.22. The van der Waals surface area contributed by atoms with E-state index in [0.29, 0.717) is 0 Å². The van der Waals surface area contributed by atoms with Crippen molar-refractivity contribution in [1.29, 1.82) is 0 Å². The van der Waals surface area contributed by atoms with Crippen molar-refractivity contribution in [2.45, 2.75) is 51.6 Å². The van der Waals surface area contributed by atoms with Crippen LogP contribution in [0.2, 0.25) is 0 Å². The van der Waals surface area contributed by atoms with Gasteiger partial charge in [0, 0.05) is 19.6 Å². The molecule has 3 rings (SSSR count). The van der Waals surface area contributed by atoms with Crippen LogP contribution in [0.4, 0.5) is 0 Å². The molecule has 1 aliphatic carbocycles. The van der Waals surface area contributed by atoms with Crippen molar-refractivity contribution >= 4 is 0 Å². The molecule has 0 unspecified atom stereocenters. The van der Waals surface area contributed by atoms with E-state index in [-0.39, 0.29) is 0 Å². The van der Waals surface area contributed by atoms with E-state index in [4.69, 9.17) is 0 Å². The number of nitrogens with zero attached hydrogens (tertiary/aromatic N) is 3. The smallest absolute Gasteiger partial charge is 0.0625 e. The number of aryl methyl sites for hydroxylation is 2. The molecule has 0 spiro atoms. The zero-order valence-electron chi connectivity index (χ0n) is 12.9. The van der Waals surface area contributed by atoms with Gasteiger partial charge in [0.2, 0.25) is 0 Å². The molecule has 0 aromatic carbocycles. The molecule has 1 saturated heterocycles. The maximum absolute atomic E-state index is 4.55. The first-order valence-corrected chi connectivity index (χ1v) is 8.22. The molecule has 1 saturated carbocycles. The maximum Gasteiger partial charge on any atom is 0.0625 e. The van der Waals surface area contributed by atoms with Crippen LogP contribution in [0.5, 0.6) is 0 Å². The van der Waals surface area contributed by atoms with E-state index in [0.717, 1.165) is 24.9 Å². The summed E-state index contributed by atoms with van der Waals surface area (Å²) in [5.74, 6) is 0.893. The minimum atomic E-state index is 0.856. The summed E-state index contributed by atoms with van der Waals surface area (Å²) in [6.07, 6.45) is 6.53. The molecule has 112 valence electrons. The molecular formula is C16H28N4. The van der Waals surface area contributed by atoms with E-state index in [9.17, 15) is 0 Å². The Bertz CT molecular complexity index is 428. The molecule has 2 fully saturated rings. The lowest BCUT2D eigenvalue weighted by Gasteiger charge is -2.32. The third kappa shape index (κ3) is 3.61. The number of aromatic nitrogens is 2. The lowest BCUT2D eigenvalue weighted by molar-refractivity contribution is 0.172. The highest BCUT2D eigenvalue weighted by Gasteiger charge is 2.24. The van der Waals surface area contributed by atoms with Crippen LogP contribution in [0.15, 0.2) is 6.07 Å². The molecule has 0 atom stereocenters. The van der Waals surface area contributed by atoms with Gasteiger partial charge < -0.3 is 5.32 Å². The standard InChI is InChI=1S/C16H28N4/c1-3-14-10-16(19(2)18-14)12-20-8-6-13(7-9-20)11-17-15-4-5-15/h10,13,15,17H,3-9,11-12H2,1-2H3. The van der Waals surface area contributed by atoms with E-state index in [1.54, 1.807) is 0 Å². The second kappa shape index (κ2) is 6.27. The molecule has 4 heteroatoms. The van der Waals surface area contributed by atoms with Crippen LogP contribution in [0.25, 0.3) is 0 Å². The second-order valence-electron chi connectivity index (χ2n) is 6.51. The average Bonchev–Trinajstić information content (AvgIpc) is 3.23.